The van der Waals surface area contributed by atoms with Crippen molar-refractivity contribution >= 4 is 23.4 Å². The standard InChI is InChI=1S/C15H18ClN3O2/c1-15(2,21-3)14(20)13(19-10-17-9-18-19)8-11-6-4-5-7-12(11)16/h4-10,14,20H,1-3H3. The maximum atomic E-state index is 10.6. The summed E-state index contributed by atoms with van der Waals surface area (Å²) in [5, 5.41) is 15.3. The third kappa shape index (κ3) is 3.50. The van der Waals surface area contributed by atoms with Gasteiger partial charge in [-0.25, -0.2) is 9.67 Å². The van der Waals surface area contributed by atoms with Crippen molar-refractivity contribution in [3.63, 3.8) is 0 Å². The number of halogens is 1. The van der Waals surface area contributed by atoms with Crippen LogP contribution in [-0.4, -0.2) is 38.7 Å². The van der Waals surface area contributed by atoms with Crippen molar-refractivity contribution in [3.8, 4) is 0 Å². The zero-order chi connectivity index (χ0) is 15.5. The van der Waals surface area contributed by atoms with Crippen LogP contribution in [0.5, 0.6) is 0 Å². The smallest absolute Gasteiger partial charge is 0.138 e. The van der Waals surface area contributed by atoms with E-state index in [0.717, 1.165) is 5.56 Å². The van der Waals surface area contributed by atoms with Gasteiger partial charge in [0.1, 0.15) is 18.8 Å². The van der Waals surface area contributed by atoms with Crippen molar-refractivity contribution in [1.29, 1.82) is 0 Å². The van der Waals surface area contributed by atoms with Gasteiger partial charge in [-0.2, -0.15) is 5.10 Å². The maximum absolute atomic E-state index is 10.6. The highest BCUT2D eigenvalue weighted by atomic mass is 35.5. The molecule has 2 aromatic rings. The highest BCUT2D eigenvalue weighted by Crippen LogP contribution is 2.27. The Hall–Kier alpha value is -1.69. The Morgan fingerprint density at radius 1 is 1.43 bits per heavy atom. The minimum Gasteiger partial charge on any atom is -0.384 e. The van der Waals surface area contributed by atoms with Crippen LogP contribution in [0.4, 0.5) is 0 Å². The fraction of sp³-hybridized carbons (Fsp3) is 0.333. The van der Waals surface area contributed by atoms with Gasteiger partial charge >= 0.3 is 0 Å². The fourth-order valence-corrected chi connectivity index (χ4v) is 2.02. The van der Waals surface area contributed by atoms with Gasteiger partial charge in [0.15, 0.2) is 0 Å². The second kappa shape index (κ2) is 6.39. The summed E-state index contributed by atoms with van der Waals surface area (Å²) in [5.74, 6) is 0. The first-order valence-electron chi connectivity index (χ1n) is 6.50. The van der Waals surface area contributed by atoms with Gasteiger partial charge in [-0.1, -0.05) is 29.8 Å². The first kappa shape index (κ1) is 15.7. The summed E-state index contributed by atoms with van der Waals surface area (Å²) in [6, 6.07) is 7.39. The summed E-state index contributed by atoms with van der Waals surface area (Å²) in [6.07, 6.45) is 3.81. The van der Waals surface area contributed by atoms with Crippen LogP contribution in [0.15, 0.2) is 36.9 Å². The van der Waals surface area contributed by atoms with Crippen molar-refractivity contribution in [3.05, 3.63) is 47.5 Å². The number of nitrogens with zero attached hydrogens (tertiary/aromatic N) is 3. The number of aliphatic hydroxyl groups is 1. The SMILES string of the molecule is COC(C)(C)C(O)C(=Cc1ccccc1Cl)n1cncn1. The van der Waals surface area contributed by atoms with Gasteiger partial charge in [-0.15, -0.1) is 0 Å². The molecule has 1 unspecified atom stereocenters. The molecule has 6 heteroatoms. The summed E-state index contributed by atoms with van der Waals surface area (Å²) >= 11 is 6.18. The molecule has 1 aromatic heterocycles. The summed E-state index contributed by atoms with van der Waals surface area (Å²) in [5.41, 5.74) is 0.544. The van der Waals surface area contributed by atoms with Crippen molar-refractivity contribution in [1.82, 2.24) is 14.8 Å². The van der Waals surface area contributed by atoms with Crippen LogP contribution in [-0.2, 0) is 4.74 Å². The molecule has 0 aliphatic carbocycles. The molecule has 0 bridgehead atoms. The Kier molecular flexibility index (Phi) is 4.77. The number of rotatable bonds is 5. The number of hydrogen-bond donors (Lipinski definition) is 1. The van der Waals surface area contributed by atoms with Crippen LogP contribution in [0.3, 0.4) is 0 Å². The highest BCUT2D eigenvalue weighted by molar-refractivity contribution is 6.32. The molecular formula is C15H18ClN3O2. The lowest BCUT2D eigenvalue weighted by molar-refractivity contribution is -0.0539. The number of aliphatic hydroxyl groups excluding tert-OH is 1. The van der Waals surface area contributed by atoms with Crippen molar-refractivity contribution in [2.75, 3.05) is 7.11 Å². The van der Waals surface area contributed by atoms with E-state index in [-0.39, 0.29) is 0 Å². The lowest BCUT2D eigenvalue weighted by atomic mass is 9.97. The minimum absolute atomic E-state index is 0.535. The van der Waals surface area contributed by atoms with Gasteiger partial charge < -0.3 is 9.84 Å². The monoisotopic (exact) mass is 307 g/mol. The predicted molar refractivity (Wildman–Crippen MR) is 82.7 cm³/mol. The molecule has 21 heavy (non-hydrogen) atoms. The highest BCUT2D eigenvalue weighted by Gasteiger charge is 2.32. The van der Waals surface area contributed by atoms with E-state index in [1.807, 2.05) is 18.2 Å². The topological polar surface area (TPSA) is 60.2 Å². The molecule has 0 saturated carbocycles. The van der Waals surface area contributed by atoms with Crippen LogP contribution in [0.1, 0.15) is 19.4 Å². The van der Waals surface area contributed by atoms with Crippen LogP contribution < -0.4 is 0 Å². The maximum Gasteiger partial charge on any atom is 0.138 e. The average Bonchev–Trinajstić information content (AvgIpc) is 2.99. The molecule has 1 atom stereocenters. The van der Waals surface area contributed by atoms with E-state index in [4.69, 9.17) is 16.3 Å². The van der Waals surface area contributed by atoms with E-state index >= 15 is 0 Å². The molecule has 0 aliphatic rings. The summed E-state index contributed by atoms with van der Waals surface area (Å²) < 4.78 is 6.87. The van der Waals surface area contributed by atoms with Crippen LogP contribution in [0.25, 0.3) is 11.8 Å². The predicted octanol–water partition coefficient (Wildman–Crippen LogP) is 2.72. The number of methoxy groups -OCH3 is 1. The number of hydrogen-bond acceptors (Lipinski definition) is 4. The Morgan fingerprint density at radius 2 is 2.14 bits per heavy atom. The van der Waals surface area contributed by atoms with Gasteiger partial charge in [0.25, 0.3) is 0 Å². The molecule has 0 saturated heterocycles. The molecule has 0 aliphatic heterocycles. The molecule has 1 aromatic carbocycles. The van der Waals surface area contributed by atoms with Crippen molar-refractivity contribution < 1.29 is 9.84 Å². The molecule has 0 amide bonds. The molecular weight excluding hydrogens is 290 g/mol. The molecule has 0 fully saturated rings. The van der Waals surface area contributed by atoms with Crippen molar-refractivity contribution in [2.45, 2.75) is 25.6 Å². The van der Waals surface area contributed by atoms with E-state index in [1.165, 1.54) is 17.3 Å². The molecule has 1 N–H and O–H groups in total. The second-order valence-corrected chi connectivity index (χ2v) is 5.55. The number of ether oxygens (including phenoxy) is 1. The number of benzene rings is 1. The van der Waals surface area contributed by atoms with E-state index in [9.17, 15) is 5.11 Å². The van der Waals surface area contributed by atoms with Gasteiger partial charge in [-0.05, 0) is 31.6 Å². The summed E-state index contributed by atoms with van der Waals surface area (Å²) in [6.45, 7) is 3.60. The first-order chi connectivity index (χ1) is 9.95. The second-order valence-electron chi connectivity index (χ2n) is 5.14. The van der Waals surface area contributed by atoms with Crippen molar-refractivity contribution in [2.24, 2.45) is 0 Å². The lowest BCUT2D eigenvalue weighted by Gasteiger charge is -2.30. The summed E-state index contributed by atoms with van der Waals surface area (Å²) in [4.78, 5) is 3.92. The third-order valence-electron chi connectivity index (χ3n) is 3.36. The van der Waals surface area contributed by atoms with Gasteiger partial charge in [0, 0.05) is 12.1 Å². The minimum atomic E-state index is -0.902. The molecule has 1 heterocycles. The van der Waals surface area contributed by atoms with E-state index in [2.05, 4.69) is 10.1 Å². The molecule has 112 valence electrons. The Balaban J connectivity index is 2.50. The molecule has 2 rings (SSSR count). The normalized spacial score (nSPS) is 14.2. The Labute approximate surface area is 128 Å². The zero-order valence-corrected chi connectivity index (χ0v) is 12.9. The average molecular weight is 308 g/mol. The van der Waals surface area contributed by atoms with Crippen LogP contribution in [0.2, 0.25) is 5.02 Å². The third-order valence-corrected chi connectivity index (χ3v) is 3.70. The largest absolute Gasteiger partial charge is 0.384 e. The van der Waals surface area contributed by atoms with Gasteiger partial charge in [-0.3, -0.25) is 0 Å². The quantitative estimate of drug-likeness (QED) is 0.922. The Morgan fingerprint density at radius 3 is 2.71 bits per heavy atom. The van der Waals surface area contributed by atoms with Crippen LogP contribution >= 0.6 is 11.6 Å². The molecule has 0 spiro atoms. The fourth-order valence-electron chi connectivity index (χ4n) is 1.83. The van der Waals surface area contributed by atoms with Crippen LogP contribution in [0, 0.1) is 0 Å². The van der Waals surface area contributed by atoms with E-state index in [0.29, 0.717) is 10.7 Å². The zero-order valence-electron chi connectivity index (χ0n) is 12.2. The van der Waals surface area contributed by atoms with Gasteiger partial charge in [0.2, 0.25) is 0 Å². The van der Waals surface area contributed by atoms with E-state index < -0.39 is 11.7 Å². The Bertz CT molecular complexity index is 624. The van der Waals surface area contributed by atoms with E-state index in [1.54, 1.807) is 33.1 Å². The lowest BCUT2D eigenvalue weighted by Crippen LogP contribution is -2.40. The molecule has 5 nitrogen and oxygen atoms in total. The molecule has 0 radical (unpaired) electrons. The first-order valence-corrected chi connectivity index (χ1v) is 6.88. The van der Waals surface area contributed by atoms with Gasteiger partial charge in [0.05, 0.1) is 11.3 Å². The summed E-state index contributed by atoms with van der Waals surface area (Å²) in [7, 11) is 1.55. The number of aromatic nitrogens is 3.